The number of furan rings is 1. The lowest BCUT2D eigenvalue weighted by Crippen LogP contribution is -2.30. The minimum atomic E-state index is -0.807. The van der Waals surface area contributed by atoms with Gasteiger partial charge in [0.1, 0.15) is 17.3 Å². The molecule has 206 valence electrons. The van der Waals surface area contributed by atoms with Crippen LogP contribution in [0.1, 0.15) is 21.9 Å². The first-order chi connectivity index (χ1) is 19.0. The van der Waals surface area contributed by atoms with E-state index in [4.69, 9.17) is 9.15 Å². The van der Waals surface area contributed by atoms with Crippen LogP contribution >= 0.6 is 15.9 Å². The Balaban J connectivity index is 1.57. The first kappa shape index (κ1) is 28.0. The highest BCUT2D eigenvalue weighted by molar-refractivity contribution is 9.10. The van der Waals surface area contributed by atoms with Gasteiger partial charge in [0.25, 0.3) is 11.8 Å². The maximum atomic E-state index is 13.1. The summed E-state index contributed by atoms with van der Waals surface area (Å²) >= 11 is 3.17. The van der Waals surface area contributed by atoms with Crippen LogP contribution in [-0.2, 0) is 20.9 Å². The van der Waals surface area contributed by atoms with Gasteiger partial charge in [-0.2, -0.15) is 0 Å². The van der Waals surface area contributed by atoms with Crippen LogP contribution in [0, 0.1) is 15.9 Å². The van der Waals surface area contributed by atoms with Crippen molar-refractivity contribution >= 4 is 57.2 Å². The van der Waals surface area contributed by atoms with Crippen molar-refractivity contribution < 1.29 is 42.4 Å². The number of benzene rings is 2. The van der Waals surface area contributed by atoms with Gasteiger partial charge in [-0.3, -0.25) is 24.6 Å². The molecule has 4 rings (SSSR count). The zero-order chi connectivity index (χ0) is 29.0. The third-order valence-corrected chi connectivity index (χ3v) is 5.82. The van der Waals surface area contributed by atoms with Gasteiger partial charge in [0.15, 0.2) is 6.61 Å². The summed E-state index contributed by atoms with van der Waals surface area (Å²) < 4.78 is 28.7. The normalized spacial score (nSPS) is 13.8. The summed E-state index contributed by atoms with van der Waals surface area (Å²) in [6.07, 6.45) is 1.16. The topological polar surface area (TPSA) is 170 Å². The van der Waals surface area contributed by atoms with Gasteiger partial charge in [-0.15, -0.1) is 0 Å². The summed E-state index contributed by atoms with van der Waals surface area (Å²) in [4.78, 5) is 61.3. The average molecular weight is 617 g/mol. The lowest BCUT2D eigenvalue weighted by atomic mass is 10.1. The second-order valence-corrected chi connectivity index (χ2v) is 9.00. The number of anilines is 1. The standard InChI is InChI=1S/C25H18BrFN4O9/c1-38-24(34)20-7-6-17(40-20)11-30-23(33)18(29-25(30)35)9-13-8-14(26)10-19(31(36)37)22(13)39-12-21(32)28-16-4-2-15(27)3-5-16/h2-10H,11-12H2,1H3,(H,28,32)(H,29,35)/b18-9-. The average Bonchev–Trinajstić information content (AvgIpc) is 3.49. The van der Waals surface area contributed by atoms with Crippen molar-refractivity contribution in [1.29, 1.82) is 0 Å². The Hall–Kier alpha value is -5.05. The molecule has 1 aliphatic heterocycles. The fourth-order valence-corrected chi connectivity index (χ4v) is 4.03. The smallest absolute Gasteiger partial charge is 0.373 e. The summed E-state index contributed by atoms with van der Waals surface area (Å²) in [5, 5.41) is 16.6. The molecule has 2 aromatic carbocycles. The van der Waals surface area contributed by atoms with E-state index < -0.39 is 46.8 Å². The molecular weight excluding hydrogens is 599 g/mol. The van der Waals surface area contributed by atoms with E-state index in [0.29, 0.717) is 0 Å². The number of methoxy groups -OCH3 is 1. The highest BCUT2D eigenvalue weighted by atomic mass is 79.9. The molecule has 0 unspecified atom stereocenters. The minimum Gasteiger partial charge on any atom is -0.476 e. The molecule has 0 aliphatic carbocycles. The Morgan fingerprint density at radius 1 is 1.20 bits per heavy atom. The fourth-order valence-electron chi connectivity index (χ4n) is 3.57. The van der Waals surface area contributed by atoms with E-state index in [1.165, 1.54) is 37.4 Å². The number of nitrogens with one attached hydrogen (secondary N) is 2. The van der Waals surface area contributed by atoms with E-state index in [-0.39, 0.29) is 45.2 Å². The highest BCUT2D eigenvalue weighted by Crippen LogP contribution is 2.36. The van der Waals surface area contributed by atoms with Crippen molar-refractivity contribution in [3.05, 3.63) is 91.7 Å². The first-order valence-corrected chi connectivity index (χ1v) is 12.0. The van der Waals surface area contributed by atoms with E-state index in [1.54, 1.807) is 0 Å². The monoisotopic (exact) mass is 616 g/mol. The van der Waals surface area contributed by atoms with Crippen LogP contribution in [0.5, 0.6) is 5.75 Å². The second-order valence-electron chi connectivity index (χ2n) is 8.08. The number of imide groups is 1. The zero-order valence-corrected chi connectivity index (χ0v) is 22.0. The molecule has 2 heterocycles. The Labute approximate surface area is 232 Å². The summed E-state index contributed by atoms with van der Waals surface area (Å²) in [5.41, 5.74) is -0.475. The molecule has 1 fully saturated rings. The summed E-state index contributed by atoms with van der Waals surface area (Å²) in [5.74, 6) is -3.05. The lowest BCUT2D eigenvalue weighted by Gasteiger charge is -2.12. The second kappa shape index (κ2) is 11.8. The van der Waals surface area contributed by atoms with Gasteiger partial charge in [0.2, 0.25) is 11.5 Å². The minimum absolute atomic E-state index is 0.00660. The molecule has 0 radical (unpaired) electrons. The first-order valence-electron chi connectivity index (χ1n) is 11.2. The van der Waals surface area contributed by atoms with Gasteiger partial charge < -0.3 is 24.5 Å². The number of carbonyl (C=O) groups is 4. The van der Waals surface area contributed by atoms with E-state index in [1.807, 2.05) is 0 Å². The molecule has 15 heteroatoms. The van der Waals surface area contributed by atoms with Crippen molar-refractivity contribution in [3.63, 3.8) is 0 Å². The number of carbonyl (C=O) groups excluding carboxylic acids is 4. The molecule has 2 N–H and O–H groups in total. The van der Waals surface area contributed by atoms with Crippen LogP contribution in [0.15, 0.2) is 63.1 Å². The number of hydrogen-bond acceptors (Lipinski definition) is 9. The van der Waals surface area contributed by atoms with E-state index in [2.05, 4.69) is 31.3 Å². The number of hydrogen-bond donors (Lipinski definition) is 2. The van der Waals surface area contributed by atoms with Gasteiger partial charge in [-0.05, 0) is 48.5 Å². The predicted octanol–water partition coefficient (Wildman–Crippen LogP) is 3.99. The van der Waals surface area contributed by atoms with Crippen molar-refractivity contribution in [1.82, 2.24) is 10.2 Å². The maximum absolute atomic E-state index is 13.1. The van der Waals surface area contributed by atoms with Crippen molar-refractivity contribution in [2.75, 3.05) is 19.0 Å². The molecule has 13 nitrogen and oxygen atoms in total. The molecule has 1 aromatic heterocycles. The number of esters is 1. The highest BCUT2D eigenvalue weighted by Gasteiger charge is 2.35. The molecule has 1 aliphatic rings. The molecular formula is C25H18BrFN4O9. The number of halogens is 2. The van der Waals surface area contributed by atoms with Crippen LogP contribution < -0.4 is 15.4 Å². The number of ether oxygens (including phenoxy) is 2. The number of nitro benzene ring substituents is 1. The lowest BCUT2D eigenvalue weighted by molar-refractivity contribution is -0.385. The van der Waals surface area contributed by atoms with Crippen LogP contribution in [0.25, 0.3) is 6.08 Å². The molecule has 0 spiro atoms. The van der Waals surface area contributed by atoms with E-state index in [0.717, 1.165) is 29.2 Å². The number of rotatable bonds is 9. The van der Waals surface area contributed by atoms with Gasteiger partial charge in [-0.1, -0.05) is 15.9 Å². The molecule has 0 bridgehead atoms. The molecule has 4 amide bonds. The Kier molecular flexibility index (Phi) is 8.23. The van der Waals surface area contributed by atoms with Crippen LogP contribution in [0.3, 0.4) is 0 Å². The Morgan fingerprint density at radius 2 is 1.93 bits per heavy atom. The van der Waals surface area contributed by atoms with Crippen LogP contribution in [0.4, 0.5) is 20.6 Å². The van der Waals surface area contributed by atoms with Crippen LogP contribution in [-0.4, -0.2) is 47.4 Å². The molecule has 1 saturated heterocycles. The largest absolute Gasteiger partial charge is 0.476 e. The summed E-state index contributed by atoms with van der Waals surface area (Å²) in [6.45, 7) is -0.978. The third kappa shape index (κ3) is 6.32. The maximum Gasteiger partial charge on any atom is 0.373 e. The number of urea groups is 1. The van der Waals surface area contributed by atoms with Gasteiger partial charge >= 0.3 is 17.7 Å². The fraction of sp³-hybridized carbons (Fsp3) is 0.120. The molecule has 3 aromatic rings. The number of nitro groups is 1. The predicted molar refractivity (Wildman–Crippen MR) is 138 cm³/mol. The SMILES string of the molecule is COC(=O)c1ccc(CN2C(=O)N/C(=C\c3cc(Br)cc([N+](=O)[O-])c3OCC(=O)Nc3ccc(F)cc3)C2=O)o1. The molecule has 40 heavy (non-hydrogen) atoms. The van der Waals surface area contributed by atoms with Gasteiger partial charge in [-0.25, -0.2) is 14.0 Å². The summed E-state index contributed by atoms with van der Waals surface area (Å²) in [7, 11) is 1.17. The Bertz CT molecular complexity index is 1550. The number of amides is 4. The van der Waals surface area contributed by atoms with Crippen molar-refractivity contribution in [2.45, 2.75) is 6.54 Å². The van der Waals surface area contributed by atoms with Crippen molar-refractivity contribution in [3.8, 4) is 5.75 Å². The Morgan fingerprint density at radius 3 is 2.60 bits per heavy atom. The molecule has 0 saturated carbocycles. The van der Waals surface area contributed by atoms with E-state index >= 15 is 0 Å². The zero-order valence-electron chi connectivity index (χ0n) is 20.4. The number of nitrogens with zero attached hydrogens (tertiary/aromatic N) is 2. The van der Waals surface area contributed by atoms with Gasteiger partial charge in [0, 0.05) is 21.8 Å². The summed E-state index contributed by atoms with van der Waals surface area (Å²) in [6, 6.07) is 9.38. The van der Waals surface area contributed by atoms with Crippen LogP contribution in [0.2, 0.25) is 0 Å². The quantitative estimate of drug-likeness (QED) is 0.119. The van der Waals surface area contributed by atoms with E-state index in [9.17, 15) is 33.7 Å². The third-order valence-electron chi connectivity index (χ3n) is 5.36. The molecule has 0 atom stereocenters. The van der Waals surface area contributed by atoms with Gasteiger partial charge in [0.05, 0.1) is 18.6 Å². The van der Waals surface area contributed by atoms with Crippen molar-refractivity contribution in [2.24, 2.45) is 0 Å².